The van der Waals surface area contributed by atoms with Gasteiger partial charge in [0.15, 0.2) is 5.78 Å². The van der Waals surface area contributed by atoms with Crippen molar-refractivity contribution < 1.29 is 9.59 Å². The first-order valence-corrected chi connectivity index (χ1v) is 6.27. The van der Waals surface area contributed by atoms with E-state index in [9.17, 15) is 9.59 Å². The van der Waals surface area contributed by atoms with Crippen LogP contribution in [0.25, 0.3) is 0 Å². The van der Waals surface area contributed by atoms with E-state index < -0.39 is 5.91 Å². The Balaban J connectivity index is 2.30. The minimum Gasteiger partial charge on any atom is -0.364 e. The van der Waals surface area contributed by atoms with Crippen LogP contribution in [0.5, 0.6) is 0 Å². The zero-order chi connectivity index (χ0) is 13.3. The predicted octanol–water partition coefficient (Wildman–Crippen LogP) is 1.23. The van der Waals surface area contributed by atoms with Crippen molar-refractivity contribution in [3.8, 4) is 0 Å². The molecule has 98 valence electrons. The van der Waals surface area contributed by atoms with Gasteiger partial charge in [-0.2, -0.15) is 0 Å². The van der Waals surface area contributed by atoms with Crippen molar-refractivity contribution in [2.75, 3.05) is 0 Å². The molecule has 1 aliphatic carbocycles. The Hall–Kier alpha value is -1.62. The number of rotatable bonds is 3. The molecule has 1 fully saturated rings. The maximum Gasteiger partial charge on any atom is 0.265 e. The number of aromatic nitrogens is 1. The number of hydrogen-bond donors (Lipinski definition) is 2. The lowest BCUT2D eigenvalue weighted by atomic mass is 9.91. The molecule has 1 aliphatic rings. The van der Waals surface area contributed by atoms with Gasteiger partial charge in [0.1, 0.15) is 5.69 Å². The van der Waals surface area contributed by atoms with E-state index in [2.05, 4.69) is 0 Å². The van der Waals surface area contributed by atoms with Crippen LogP contribution in [0.1, 0.15) is 59.5 Å². The van der Waals surface area contributed by atoms with Crippen LogP contribution in [-0.4, -0.2) is 22.3 Å². The van der Waals surface area contributed by atoms with E-state index in [1.54, 1.807) is 12.3 Å². The van der Waals surface area contributed by atoms with Crippen molar-refractivity contribution in [3.05, 3.63) is 23.5 Å². The van der Waals surface area contributed by atoms with Crippen LogP contribution in [-0.2, 0) is 0 Å². The molecular weight excluding hydrogens is 230 g/mol. The molecule has 0 spiro atoms. The topological polar surface area (TPSA) is 91.1 Å². The van der Waals surface area contributed by atoms with Crippen LogP contribution < -0.4 is 11.5 Å². The number of amides is 1. The number of carbonyl (C=O) groups excluding carboxylic acids is 2. The van der Waals surface area contributed by atoms with Crippen molar-refractivity contribution in [2.24, 2.45) is 11.5 Å². The second kappa shape index (κ2) is 4.94. The molecule has 5 heteroatoms. The minimum absolute atomic E-state index is 0.0521. The summed E-state index contributed by atoms with van der Waals surface area (Å²) in [6, 6.07) is 2.06. The molecule has 0 aliphatic heterocycles. The van der Waals surface area contributed by atoms with Crippen LogP contribution >= 0.6 is 0 Å². The summed E-state index contributed by atoms with van der Waals surface area (Å²) in [4.78, 5) is 22.8. The van der Waals surface area contributed by atoms with Gasteiger partial charge in [-0.1, -0.05) is 0 Å². The highest BCUT2D eigenvalue weighted by molar-refractivity contribution is 5.98. The van der Waals surface area contributed by atoms with Gasteiger partial charge in [0.2, 0.25) is 0 Å². The number of primary amides is 1. The van der Waals surface area contributed by atoms with E-state index in [1.165, 1.54) is 6.92 Å². The first kappa shape index (κ1) is 12.8. The lowest BCUT2D eigenvalue weighted by molar-refractivity contribution is 0.0986. The van der Waals surface area contributed by atoms with Gasteiger partial charge in [-0.15, -0.1) is 0 Å². The van der Waals surface area contributed by atoms with Crippen molar-refractivity contribution in [2.45, 2.75) is 44.7 Å². The zero-order valence-electron chi connectivity index (χ0n) is 10.6. The lowest BCUT2D eigenvalue weighted by Crippen LogP contribution is -2.29. The number of nitrogens with two attached hydrogens (primary N) is 2. The van der Waals surface area contributed by atoms with Crippen LogP contribution in [0.15, 0.2) is 12.3 Å². The molecule has 0 aromatic carbocycles. The number of nitrogens with zero attached hydrogens (tertiary/aromatic N) is 1. The van der Waals surface area contributed by atoms with Gasteiger partial charge in [0.25, 0.3) is 5.91 Å². The summed E-state index contributed by atoms with van der Waals surface area (Å²) in [5.41, 5.74) is 12.2. The van der Waals surface area contributed by atoms with Gasteiger partial charge in [0.05, 0.1) is 0 Å². The van der Waals surface area contributed by atoms with Gasteiger partial charge in [-0.25, -0.2) is 0 Å². The van der Waals surface area contributed by atoms with Crippen LogP contribution in [0.3, 0.4) is 0 Å². The second-order valence-electron chi connectivity index (χ2n) is 5.01. The van der Waals surface area contributed by atoms with Crippen LogP contribution in [0.2, 0.25) is 0 Å². The highest BCUT2D eigenvalue weighted by Crippen LogP contribution is 2.29. The molecule has 5 nitrogen and oxygen atoms in total. The third-order valence-corrected chi connectivity index (χ3v) is 3.64. The molecule has 4 N–H and O–H groups in total. The highest BCUT2D eigenvalue weighted by atomic mass is 16.1. The van der Waals surface area contributed by atoms with Crippen molar-refractivity contribution >= 4 is 11.7 Å². The Kier molecular flexibility index (Phi) is 3.52. The fourth-order valence-electron chi connectivity index (χ4n) is 2.55. The maximum absolute atomic E-state index is 11.4. The standard InChI is InChI=1S/C13H19N3O2/c1-8(17)9-6-12(13(15)18)16(7-9)11-4-2-10(14)3-5-11/h6-7,10-11H,2-5,14H2,1H3,(H2,15,18). The molecule has 1 heterocycles. The summed E-state index contributed by atoms with van der Waals surface area (Å²) >= 11 is 0. The van der Waals surface area contributed by atoms with Crippen molar-refractivity contribution in [3.63, 3.8) is 0 Å². The summed E-state index contributed by atoms with van der Waals surface area (Å²) in [6.07, 6.45) is 5.47. The zero-order valence-corrected chi connectivity index (χ0v) is 10.6. The van der Waals surface area contributed by atoms with Gasteiger partial charge in [0, 0.05) is 23.8 Å². The normalized spacial score (nSPS) is 23.9. The summed E-state index contributed by atoms with van der Waals surface area (Å²) in [5, 5.41) is 0. The van der Waals surface area contributed by atoms with E-state index in [-0.39, 0.29) is 17.9 Å². The molecule has 0 radical (unpaired) electrons. The molecule has 0 saturated heterocycles. The van der Waals surface area contributed by atoms with Crippen molar-refractivity contribution in [1.29, 1.82) is 0 Å². The fraction of sp³-hybridized carbons (Fsp3) is 0.538. The Bertz CT molecular complexity index is 471. The van der Waals surface area contributed by atoms with Crippen molar-refractivity contribution in [1.82, 2.24) is 4.57 Å². The fourth-order valence-corrected chi connectivity index (χ4v) is 2.55. The Morgan fingerprint density at radius 1 is 1.28 bits per heavy atom. The molecule has 0 atom stereocenters. The molecule has 1 aromatic heterocycles. The Morgan fingerprint density at radius 3 is 2.39 bits per heavy atom. The quantitative estimate of drug-likeness (QED) is 0.789. The summed E-state index contributed by atoms with van der Waals surface area (Å²) < 4.78 is 1.85. The average molecular weight is 249 g/mol. The minimum atomic E-state index is -0.489. The molecule has 1 amide bonds. The van der Waals surface area contributed by atoms with Gasteiger partial charge in [-0.05, 0) is 38.7 Å². The molecule has 1 saturated carbocycles. The van der Waals surface area contributed by atoms with E-state index in [1.807, 2.05) is 4.57 Å². The third-order valence-electron chi connectivity index (χ3n) is 3.64. The predicted molar refractivity (Wildman–Crippen MR) is 68.4 cm³/mol. The van der Waals surface area contributed by atoms with E-state index in [4.69, 9.17) is 11.5 Å². The first-order chi connectivity index (χ1) is 8.49. The number of carbonyl (C=O) groups is 2. The molecule has 2 rings (SSSR count). The van der Waals surface area contributed by atoms with Gasteiger partial charge >= 0.3 is 0 Å². The SMILES string of the molecule is CC(=O)c1cc(C(N)=O)n(C2CCC(N)CC2)c1. The molecule has 1 aromatic rings. The lowest BCUT2D eigenvalue weighted by Gasteiger charge is -2.28. The average Bonchev–Trinajstić information content (AvgIpc) is 2.75. The Morgan fingerprint density at radius 2 is 1.89 bits per heavy atom. The van der Waals surface area contributed by atoms with Gasteiger partial charge < -0.3 is 16.0 Å². The largest absolute Gasteiger partial charge is 0.364 e. The summed E-state index contributed by atoms with van der Waals surface area (Å²) in [6.45, 7) is 1.49. The monoisotopic (exact) mass is 249 g/mol. The number of ketones is 1. The molecule has 0 bridgehead atoms. The van der Waals surface area contributed by atoms with E-state index in [0.717, 1.165) is 25.7 Å². The molecule has 0 unspecified atom stereocenters. The van der Waals surface area contributed by atoms with E-state index in [0.29, 0.717) is 11.3 Å². The number of Topliss-reactive ketones (excluding diaryl/α,β-unsaturated/α-hetero) is 1. The smallest absolute Gasteiger partial charge is 0.265 e. The van der Waals surface area contributed by atoms with Crippen LogP contribution in [0, 0.1) is 0 Å². The maximum atomic E-state index is 11.4. The highest BCUT2D eigenvalue weighted by Gasteiger charge is 2.24. The summed E-state index contributed by atoms with van der Waals surface area (Å²) in [5.74, 6) is -0.541. The Labute approximate surface area is 106 Å². The molecular formula is C13H19N3O2. The van der Waals surface area contributed by atoms with Gasteiger partial charge in [-0.3, -0.25) is 9.59 Å². The second-order valence-corrected chi connectivity index (χ2v) is 5.01. The van der Waals surface area contributed by atoms with Crippen LogP contribution in [0.4, 0.5) is 0 Å². The number of hydrogen-bond acceptors (Lipinski definition) is 3. The first-order valence-electron chi connectivity index (χ1n) is 6.27. The summed E-state index contributed by atoms with van der Waals surface area (Å²) in [7, 11) is 0. The molecule has 18 heavy (non-hydrogen) atoms. The van der Waals surface area contributed by atoms with E-state index >= 15 is 0 Å². The third kappa shape index (κ3) is 2.46.